The molecule has 0 saturated heterocycles. The standard InChI is InChI=1S/C11H22/c1-9(2,3)11(7-8-11)10(4,5)6/h7-8H2,1-6H3. The van der Waals surface area contributed by atoms with Gasteiger partial charge in [0.2, 0.25) is 0 Å². The van der Waals surface area contributed by atoms with Gasteiger partial charge in [-0.3, -0.25) is 0 Å². The zero-order valence-electron chi connectivity index (χ0n) is 8.91. The van der Waals surface area contributed by atoms with Crippen LogP contribution in [-0.2, 0) is 0 Å². The van der Waals surface area contributed by atoms with Gasteiger partial charge in [-0.05, 0) is 29.1 Å². The summed E-state index contributed by atoms with van der Waals surface area (Å²) in [6, 6.07) is 0. The fraction of sp³-hybridized carbons (Fsp3) is 1.00. The van der Waals surface area contributed by atoms with E-state index in [4.69, 9.17) is 0 Å². The summed E-state index contributed by atoms with van der Waals surface area (Å²) in [7, 11) is 0. The van der Waals surface area contributed by atoms with Gasteiger partial charge in [0, 0.05) is 0 Å². The minimum absolute atomic E-state index is 0.491. The first-order chi connectivity index (χ1) is 4.71. The van der Waals surface area contributed by atoms with Crippen LogP contribution in [0.5, 0.6) is 0 Å². The van der Waals surface area contributed by atoms with E-state index in [9.17, 15) is 0 Å². The maximum absolute atomic E-state index is 2.38. The Morgan fingerprint density at radius 1 is 0.727 bits per heavy atom. The maximum Gasteiger partial charge on any atom is -0.0200 e. The fourth-order valence-electron chi connectivity index (χ4n) is 2.75. The first kappa shape index (κ1) is 9.09. The molecule has 66 valence electrons. The normalized spacial score (nSPS) is 23.5. The van der Waals surface area contributed by atoms with Crippen LogP contribution >= 0.6 is 0 Å². The first-order valence-corrected chi connectivity index (χ1v) is 4.71. The van der Waals surface area contributed by atoms with E-state index in [1.807, 2.05) is 0 Å². The third-order valence-electron chi connectivity index (χ3n) is 3.62. The van der Waals surface area contributed by atoms with E-state index >= 15 is 0 Å². The van der Waals surface area contributed by atoms with Crippen LogP contribution in [-0.4, -0.2) is 0 Å². The Morgan fingerprint density at radius 3 is 1.00 bits per heavy atom. The predicted octanol–water partition coefficient (Wildman–Crippen LogP) is 3.86. The number of rotatable bonds is 0. The molecule has 1 aliphatic rings. The van der Waals surface area contributed by atoms with Crippen LogP contribution in [0.15, 0.2) is 0 Å². The molecule has 0 spiro atoms. The molecule has 0 amide bonds. The molecule has 0 aromatic heterocycles. The lowest BCUT2D eigenvalue weighted by molar-refractivity contribution is 0.0745. The molecule has 0 heterocycles. The van der Waals surface area contributed by atoms with Crippen LogP contribution in [0, 0.1) is 16.2 Å². The number of hydrogen-bond acceptors (Lipinski definition) is 0. The molecule has 0 bridgehead atoms. The summed E-state index contributed by atoms with van der Waals surface area (Å²) in [6.07, 6.45) is 2.86. The second kappa shape index (κ2) is 2.02. The van der Waals surface area contributed by atoms with Crippen LogP contribution in [0.3, 0.4) is 0 Å². The second-order valence-corrected chi connectivity index (χ2v) is 6.08. The van der Waals surface area contributed by atoms with Gasteiger partial charge in [0.15, 0.2) is 0 Å². The van der Waals surface area contributed by atoms with Crippen molar-refractivity contribution in [3.63, 3.8) is 0 Å². The van der Waals surface area contributed by atoms with Crippen molar-refractivity contribution in [1.29, 1.82) is 0 Å². The summed E-state index contributed by atoms with van der Waals surface area (Å²) in [5.74, 6) is 0. The van der Waals surface area contributed by atoms with Crippen LogP contribution in [0.2, 0.25) is 0 Å². The van der Waals surface area contributed by atoms with E-state index in [0.29, 0.717) is 16.2 Å². The molecule has 1 aliphatic carbocycles. The Hall–Kier alpha value is 0. The largest absolute Gasteiger partial charge is 0.0596 e. The monoisotopic (exact) mass is 154 g/mol. The van der Waals surface area contributed by atoms with Crippen LogP contribution in [0.25, 0.3) is 0 Å². The highest BCUT2D eigenvalue weighted by Gasteiger charge is 2.58. The number of hydrogen-bond donors (Lipinski definition) is 0. The Labute approximate surface area is 71.4 Å². The van der Waals surface area contributed by atoms with Crippen molar-refractivity contribution in [2.24, 2.45) is 16.2 Å². The molecule has 0 unspecified atom stereocenters. The van der Waals surface area contributed by atoms with Crippen molar-refractivity contribution in [1.82, 2.24) is 0 Å². The van der Waals surface area contributed by atoms with E-state index in [0.717, 1.165) is 0 Å². The van der Waals surface area contributed by atoms with E-state index in [1.54, 1.807) is 0 Å². The second-order valence-electron chi connectivity index (χ2n) is 6.08. The zero-order chi connectivity index (χ0) is 8.91. The Morgan fingerprint density at radius 2 is 1.00 bits per heavy atom. The molecule has 1 saturated carbocycles. The molecular formula is C11H22. The summed E-state index contributed by atoms with van der Waals surface area (Å²) in [5.41, 5.74) is 1.61. The molecule has 1 fully saturated rings. The van der Waals surface area contributed by atoms with Gasteiger partial charge in [0.25, 0.3) is 0 Å². The van der Waals surface area contributed by atoms with Crippen molar-refractivity contribution in [3.8, 4) is 0 Å². The molecule has 0 N–H and O–H groups in total. The SMILES string of the molecule is CC(C)(C)C1(C(C)(C)C)CC1. The third-order valence-corrected chi connectivity index (χ3v) is 3.62. The molecule has 11 heavy (non-hydrogen) atoms. The fourth-order valence-corrected chi connectivity index (χ4v) is 2.75. The van der Waals surface area contributed by atoms with Crippen molar-refractivity contribution >= 4 is 0 Å². The highest BCUT2D eigenvalue weighted by molar-refractivity contribution is 5.08. The van der Waals surface area contributed by atoms with E-state index < -0.39 is 0 Å². The highest BCUT2D eigenvalue weighted by Crippen LogP contribution is 2.67. The summed E-state index contributed by atoms with van der Waals surface area (Å²) < 4.78 is 0. The van der Waals surface area contributed by atoms with Crippen LogP contribution in [0.1, 0.15) is 54.4 Å². The summed E-state index contributed by atoms with van der Waals surface area (Å²) >= 11 is 0. The lowest BCUT2D eigenvalue weighted by Crippen LogP contribution is -2.34. The maximum atomic E-state index is 2.38. The molecule has 0 radical (unpaired) electrons. The first-order valence-electron chi connectivity index (χ1n) is 4.71. The van der Waals surface area contributed by atoms with Gasteiger partial charge >= 0.3 is 0 Å². The van der Waals surface area contributed by atoms with Gasteiger partial charge in [0.05, 0.1) is 0 Å². The molecule has 0 atom stereocenters. The van der Waals surface area contributed by atoms with Crippen molar-refractivity contribution in [3.05, 3.63) is 0 Å². The topological polar surface area (TPSA) is 0 Å². The molecule has 0 aromatic rings. The smallest absolute Gasteiger partial charge is 0.0200 e. The van der Waals surface area contributed by atoms with Crippen LogP contribution < -0.4 is 0 Å². The molecule has 1 rings (SSSR count). The molecule has 0 heteroatoms. The van der Waals surface area contributed by atoms with Gasteiger partial charge in [-0.25, -0.2) is 0 Å². The lowest BCUT2D eigenvalue weighted by atomic mass is 9.63. The average molecular weight is 154 g/mol. The summed E-state index contributed by atoms with van der Waals surface area (Å²) in [5, 5.41) is 0. The minimum atomic E-state index is 0.491. The average Bonchev–Trinajstić information content (AvgIpc) is 2.31. The molecule has 0 nitrogen and oxygen atoms in total. The van der Waals surface area contributed by atoms with E-state index in [-0.39, 0.29) is 0 Å². The zero-order valence-corrected chi connectivity index (χ0v) is 8.91. The molecular weight excluding hydrogens is 132 g/mol. The third kappa shape index (κ3) is 1.21. The van der Waals surface area contributed by atoms with E-state index in [1.165, 1.54) is 12.8 Å². The lowest BCUT2D eigenvalue weighted by Gasteiger charge is -2.41. The molecule has 0 aromatic carbocycles. The van der Waals surface area contributed by atoms with E-state index in [2.05, 4.69) is 41.5 Å². The highest BCUT2D eigenvalue weighted by atomic mass is 14.6. The molecule has 0 aliphatic heterocycles. The van der Waals surface area contributed by atoms with Gasteiger partial charge in [-0.1, -0.05) is 41.5 Å². The summed E-state index contributed by atoms with van der Waals surface area (Å²) in [4.78, 5) is 0. The van der Waals surface area contributed by atoms with Gasteiger partial charge < -0.3 is 0 Å². The Balaban J connectivity index is 2.85. The minimum Gasteiger partial charge on any atom is -0.0596 e. The summed E-state index contributed by atoms with van der Waals surface area (Å²) in [6.45, 7) is 14.3. The van der Waals surface area contributed by atoms with Crippen molar-refractivity contribution < 1.29 is 0 Å². The van der Waals surface area contributed by atoms with Crippen LogP contribution in [0.4, 0.5) is 0 Å². The van der Waals surface area contributed by atoms with Gasteiger partial charge in [-0.15, -0.1) is 0 Å². The van der Waals surface area contributed by atoms with Gasteiger partial charge in [-0.2, -0.15) is 0 Å². The van der Waals surface area contributed by atoms with Crippen molar-refractivity contribution in [2.45, 2.75) is 54.4 Å². The van der Waals surface area contributed by atoms with Gasteiger partial charge in [0.1, 0.15) is 0 Å². The quantitative estimate of drug-likeness (QED) is 0.497. The van der Waals surface area contributed by atoms with Crippen molar-refractivity contribution in [2.75, 3.05) is 0 Å². The Bertz CT molecular complexity index is 132. The Kier molecular flexibility index (Phi) is 1.67. The predicted molar refractivity (Wildman–Crippen MR) is 50.6 cm³/mol.